The highest BCUT2D eigenvalue weighted by Gasteiger charge is 2.04. The van der Waals surface area contributed by atoms with E-state index in [1.807, 2.05) is 0 Å². The van der Waals surface area contributed by atoms with Crippen LogP contribution in [0.1, 0.15) is 11.1 Å². The van der Waals surface area contributed by atoms with Gasteiger partial charge in [0.05, 0.1) is 9.52 Å². The fraction of sp³-hybridized carbons (Fsp3) is 0. The van der Waals surface area contributed by atoms with Crippen molar-refractivity contribution in [1.82, 2.24) is 0 Å². The maximum absolute atomic E-state index is 2.34. The number of hydrogen-bond donors (Lipinski definition) is 0. The second kappa shape index (κ2) is 6.87. The van der Waals surface area contributed by atoms with E-state index in [0.29, 0.717) is 0 Å². The third-order valence-electron chi connectivity index (χ3n) is 3.52. The lowest BCUT2D eigenvalue weighted by Crippen LogP contribution is -2.15. The minimum absolute atomic E-state index is 0.478. The molecule has 0 unspecified atom stereocenters. The van der Waals surface area contributed by atoms with Crippen LogP contribution in [0, 0.1) is 0 Å². The summed E-state index contributed by atoms with van der Waals surface area (Å²) in [5, 5.41) is 2.96. The van der Waals surface area contributed by atoms with Crippen LogP contribution < -0.4 is 5.19 Å². The molecule has 0 radical (unpaired) electrons. The monoisotopic (exact) mass is 286 g/mol. The van der Waals surface area contributed by atoms with Crippen LogP contribution in [0.3, 0.4) is 0 Å². The molecule has 0 nitrogen and oxygen atoms in total. The summed E-state index contributed by atoms with van der Waals surface area (Å²) in [7, 11) is -0.478. The summed E-state index contributed by atoms with van der Waals surface area (Å²) in [6.45, 7) is 0. The summed E-state index contributed by atoms with van der Waals surface area (Å²) in [6, 6.07) is 32.2. The van der Waals surface area contributed by atoms with Gasteiger partial charge in [0.2, 0.25) is 0 Å². The molecule has 3 aromatic carbocycles. The first-order chi connectivity index (χ1) is 10.4. The van der Waals surface area contributed by atoms with Crippen molar-refractivity contribution in [2.45, 2.75) is 0 Å². The lowest BCUT2D eigenvalue weighted by atomic mass is 10.1. The molecule has 102 valence electrons. The zero-order chi connectivity index (χ0) is 14.3. The van der Waals surface area contributed by atoms with E-state index >= 15 is 0 Å². The predicted molar refractivity (Wildman–Crippen MR) is 95.4 cm³/mol. The maximum atomic E-state index is 2.34. The maximum Gasteiger partial charge on any atom is 0.0883 e. The summed E-state index contributed by atoms with van der Waals surface area (Å²) < 4.78 is 0. The van der Waals surface area contributed by atoms with E-state index in [0.717, 1.165) is 0 Å². The molecule has 3 rings (SSSR count). The smallest absolute Gasteiger partial charge is 0.0633 e. The van der Waals surface area contributed by atoms with Crippen molar-refractivity contribution in [1.29, 1.82) is 0 Å². The zero-order valence-corrected chi connectivity index (χ0v) is 13.4. The largest absolute Gasteiger partial charge is 0.0883 e. The topological polar surface area (TPSA) is 0 Å². The van der Waals surface area contributed by atoms with Gasteiger partial charge < -0.3 is 0 Å². The molecule has 3 aromatic rings. The molecular weight excluding hydrogens is 268 g/mol. The molecule has 0 saturated heterocycles. The van der Waals surface area contributed by atoms with Crippen molar-refractivity contribution in [2.75, 3.05) is 0 Å². The Labute approximate surface area is 128 Å². The summed E-state index contributed by atoms with van der Waals surface area (Å²) in [5.74, 6) is 0. The van der Waals surface area contributed by atoms with Crippen molar-refractivity contribution in [3.05, 3.63) is 102 Å². The van der Waals surface area contributed by atoms with Crippen molar-refractivity contribution < 1.29 is 0 Å². The van der Waals surface area contributed by atoms with Crippen LogP contribution in [-0.2, 0) is 0 Å². The van der Waals surface area contributed by atoms with Gasteiger partial charge in [-0.1, -0.05) is 107 Å². The molecule has 0 N–H and O–H groups in total. The fourth-order valence-electron chi connectivity index (χ4n) is 2.45. The van der Waals surface area contributed by atoms with Crippen LogP contribution in [-0.4, -0.2) is 9.52 Å². The van der Waals surface area contributed by atoms with Crippen molar-refractivity contribution in [2.24, 2.45) is 0 Å². The molecular formula is C20H18Si. The quantitative estimate of drug-likeness (QED) is 0.507. The van der Waals surface area contributed by atoms with Gasteiger partial charge in [-0.05, 0) is 11.1 Å². The molecule has 0 aliphatic rings. The van der Waals surface area contributed by atoms with Gasteiger partial charge in [-0.3, -0.25) is 0 Å². The Morgan fingerprint density at radius 1 is 0.619 bits per heavy atom. The van der Waals surface area contributed by atoms with E-state index in [2.05, 4.69) is 97.1 Å². The Balaban J connectivity index is 1.97. The molecule has 1 heteroatoms. The fourth-order valence-corrected chi connectivity index (χ4v) is 4.18. The van der Waals surface area contributed by atoms with Crippen LogP contribution in [0.2, 0.25) is 0 Å². The van der Waals surface area contributed by atoms with Gasteiger partial charge in [0.15, 0.2) is 0 Å². The molecule has 0 aliphatic heterocycles. The van der Waals surface area contributed by atoms with Gasteiger partial charge in [-0.15, -0.1) is 0 Å². The molecule has 0 heterocycles. The van der Waals surface area contributed by atoms with E-state index in [-0.39, 0.29) is 0 Å². The molecule has 0 aliphatic carbocycles. The highest BCUT2D eigenvalue weighted by atomic mass is 28.2. The Kier molecular flexibility index (Phi) is 4.44. The molecule has 0 saturated carbocycles. The minimum atomic E-state index is -0.478. The van der Waals surface area contributed by atoms with E-state index in [4.69, 9.17) is 0 Å². The molecule has 0 bridgehead atoms. The van der Waals surface area contributed by atoms with Gasteiger partial charge in [-0.2, -0.15) is 0 Å². The van der Waals surface area contributed by atoms with Gasteiger partial charge in [-0.25, -0.2) is 0 Å². The van der Waals surface area contributed by atoms with Gasteiger partial charge in [0.25, 0.3) is 0 Å². The summed E-state index contributed by atoms with van der Waals surface area (Å²) >= 11 is 0. The summed E-state index contributed by atoms with van der Waals surface area (Å²) in [6.07, 6.45) is 2.34. The number of benzene rings is 3. The average Bonchev–Trinajstić information content (AvgIpc) is 2.57. The first-order valence-corrected chi connectivity index (χ1v) is 8.68. The van der Waals surface area contributed by atoms with Crippen LogP contribution in [0.15, 0.2) is 91.0 Å². The van der Waals surface area contributed by atoms with Crippen LogP contribution in [0.5, 0.6) is 0 Å². The second-order valence-corrected chi connectivity index (χ2v) is 7.04. The molecule has 0 amide bonds. The number of hydrogen-bond acceptors (Lipinski definition) is 0. The average molecular weight is 286 g/mol. The van der Waals surface area contributed by atoms with Gasteiger partial charge >= 0.3 is 0 Å². The standard InChI is InChI=1S/C20H18Si/c1-4-10-17(11-5-1)16-20(18-12-6-2-7-13-18)21-19-14-8-3-9-15-19/h1-16H,21H2/b20-16+. The van der Waals surface area contributed by atoms with Crippen molar-refractivity contribution in [3.8, 4) is 0 Å². The number of rotatable bonds is 4. The molecule has 0 fully saturated rings. The third kappa shape index (κ3) is 3.80. The Morgan fingerprint density at radius 3 is 1.76 bits per heavy atom. The summed E-state index contributed by atoms with van der Waals surface area (Å²) in [5.41, 5.74) is 2.62. The van der Waals surface area contributed by atoms with Crippen molar-refractivity contribution >= 4 is 26.0 Å². The first-order valence-electron chi connectivity index (χ1n) is 7.27. The van der Waals surface area contributed by atoms with E-state index < -0.39 is 9.52 Å². The molecule has 0 aromatic heterocycles. The molecule has 0 atom stereocenters. The van der Waals surface area contributed by atoms with Crippen LogP contribution in [0.25, 0.3) is 11.3 Å². The van der Waals surface area contributed by atoms with Crippen molar-refractivity contribution in [3.63, 3.8) is 0 Å². The first kappa shape index (κ1) is 13.6. The Bertz CT molecular complexity index is 701. The minimum Gasteiger partial charge on any atom is -0.0633 e. The third-order valence-corrected chi connectivity index (χ3v) is 5.40. The van der Waals surface area contributed by atoms with Crippen LogP contribution in [0.4, 0.5) is 0 Å². The van der Waals surface area contributed by atoms with E-state index in [1.165, 1.54) is 21.5 Å². The van der Waals surface area contributed by atoms with Crippen LogP contribution >= 0.6 is 0 Å². The lowest BCUT2D eigenvalue weighted by Gasteiger charge is -2.08. The lowest BCUT2D eigenvalue weighted by molar-refractivity contribution is 1.63. The molecule has 0 spiro atoms. The van der Waals surface area contributed by atoms with Gasteiger partial charge in [0.1, 0.15) is 0 Å². The second-order valence-electron chi connectivity index (χ2n) is 5.11. The van der Waals surface area contributed by atoms with E-state index in [9.17, 15) is 0 Å². The Morgan fingerprint density at radius 2 is 1.14 bits per heavy atom. The predicted octanol–water partition coefficient (Wildman–Crippen LogP) is 3.68. The van der Waals surface area contributed by atoms with Gasteiger partial charge in [0, 0.05) is 0 Å². The normalized spacial score (nSPS) is 11.9. The highest BCUT2D eigenvalue weighted by Crippen LogP contribution is 2.17. The molecule has 21 heavy (non-hydrogen) atoms. The highest BCUT2D eigenvalue weighted by molar-refractivity contribution is 6.74. The van der Waals surface area contributed by atoms with E-state index in [1.54, 1.807) is 0 Å². The Hall–Kier alpha value is -2.38. The zero-order valence-electron chi connectivity index (χ0n) is 11.9. The SMILES string of the molecule is C(=C(\[SiH2]c1ccccc1)c1ccccc1)/c1ccccc1. The summed E-state index contributed by atoms with van der Waals surface area (Å²) in [4.78, 5) is 0.